The zero-order valence-electron chi connectivity index (χ0n) is 17.0. The molecule has 0 bridgehead atoms. The van der Waals surface area contributed by atoms with Crippen LogP contribution < -0.4 is 15.0 Å². The van der Waals surface area contributed by atoms with Crippen LogP contribution in [0.25, 0.3) is 33.5 Å². The molecule has 0 radical (unpaired) electrons. The molecular formula is C23H17F3N2O3S. The molecule has 2 aromatic carbocycles. The van der Waals surface area contributed by atoms with Crippen molar-refractivity contribution in [2.24, 2.45) is 0 Å². The molecule has 0 fully saturated rings. The number of hydrogen-bond donors (Lipinski definition) is 1. The van der Waals surface area contributed by atoms with Crippen molar-refractivity contribution >= 4 is 33.7 Å². The number of rotatable bonds is 5. The van der Waals surface area contributed by atoms with Gasteiger partial charge in [0.05, 0.1) is 25.2 Å². The highest BCUT2D eigenvalue weighted by molar-refractivity contribution is 7.17. The van der Waals surface area contributed by atoms with E-state index in [-0.39, 0.29) is 11.4 Å². The van der Waals surface area contributed by atoms with Gasteiger partial charge in [-0.2, -0.15) is 13.2 Å². The number of nitrogens with one attached hydrogen (secondary N) is 1. The van der Waals surface area contributed by atoms with E-state index in [1.54, 1.807) is 25.3 Å². The Balaban J connectivity index is 1.70. The molecule has 5 nitrogen and oxygen atoms in total. The summed E-state index contributed by atoms with van der Waals surface area (Å²) < 4.78 is 49.3. The lowest BCUT2D eigenvalue weighted by molar-refractivity contribution is -0.137. The SMILES string of the molecule is COc1ccc(-c2csc3nc(C=Cc4cccc(C(F)(F)F)c4)[nH]c(=O)c23)cc1OC. The summed E-state index contributed by atoms with van der Waals surface area (Å²) in [5.41, 5.74) is 0.737. The molecule has 2 aromatic heterocycles. The number of alkyl halides is 3. The summed E-state index contributed by atoms with van der Waals surface area (Å²) in [5, 5.41) is 2.26. The maximum absolute atomic E-state index is 12.9. The van der Waals surface area contributed by atoms with Gasteiger partial charge < -0.3 is 14.5 Å². The second-order valence-electron chi connectivity index (χ2n) is 6.81. The molecular weight excluding hydrogens is 441 g/mol. The summed E-state index contributed by atoms with van der Waals surface area (Å²) in [6.07, 6.45) is -1.47. The number of ether oxygens (including phenoxy) is 2. The number of aromatic nitrogens is 2. The molecule has 0 saturated carbocycles. The third-order valence-corrected chi connectivity index (χ3v) is 5.68. The number of fused-ring (bicyclic) bond motifs is 1. The Kier molecular flexibility index (Phi) is 5.75. The molecule has 32 heavy (non-hydrogen) atoms. The first-order valence-corrected chi connectivity index (χ1v) is 10.3. The van der Waals surface area contributed by atoms with Gasteiger partial charge in [0.25, 0.3) is 5.56 Å². The summed E-state index contributed by atoms with van der Waals surface area (Å²) in [4.78, 5) is 20.4. The summed E-state index contributed by atoms with van der Waals surface area (Å²) >= 11 is 1.30. The molecule has 0 unspecified atom stereocenters. The van der Waals surface area contributed by atoms with Gasteiger partial charge in [-0.1, -0.05) is 24.3 Å². The van der Waals surface area contributed by atoms with Crippen LogP contribution in [0.5, 0.6) is 11.5 Å². The number of halogens is 3. The topological polar surface area (TPSA) is 64.2 Å². The minimum Gasteiger partial charge on any atom is -0.493 e. The Morgan fingerprint density at radius 3 is 2.53 bits per heavy atom. The van der Waals surface area contributed by atoms with Crippen molar-refractivity contribution in [3.05, 3.63) is 75.1 Å². The number of methoxy groups -OCH3 is 2. The molecule has 1 N–H and O–H groups in total. The Morgan fingerprint density at radius 2 is 1.81 bits per heavy atom. The lowest BCUT2D eigenvalue weighted by Crippen LogP contribution is -2.09. The van der Waals surface area contributed by atoms with E-state index in [9.17, 15) is 18.0 Å². The Labute approximate surface area is 184 Å². The van der Waals surface area contributed by atoms with Crippen molar-refractivity contribution in [1.29, 1.82) is 0 Å². The lowest BCUT2D eigenvalue weighted by atomic mass is 10.1. The zero-order valence-corrected chi connectivity index (χ0v) is 17.8. The molecule has 0 amide bonds. The van der Waals surface area contributed by atoms with Crippen LogP contribution in [0.4, 0.5) is 13.2 Å². The number of hydrogen-bond acceptors (Lipinski definition) is 5. The van der Waals surface area contributed by atoms with Gasteiger partial charge in [0, 0.05) is 10.9 Å². The molecule has 0 aliphatic rings. The van der Waals surface area contributed by atoms with Crippen molar-refractivity contribution in [3.8, 4) is 22.6 Å². The predicted octanol–water partition coefficient (Wildman–Crippen LogP) is 5.86. The van der Waals surface area contributed by atoms with Gasteiger partial charge in [-0.15, -0.1) is 11.3 Å². The van der Waals surface area contributed by atoms with E-state index in [1.165, 1.54) is 36.7 Å². The van der Waals surface area contributed by atoms with Crippen LogP contribution in [0.1, 0.15) is 17.0 Å². The highest BCUT2D eigenvalue weighted by atomic mass is 32.1. The molecule has 0 atom stereocenters. The van der Waals surface area contributed by atoms with E-state index in [2.05, 4.69) is 9.97 Å². The minimum atomic E-state index is -4.42. The fraction of sp³-hybridized carbons (Fsp3) is 0.130. The Morgan fingerprint density at radius 1 is 1.03 bits per heavy atom. The fourth-order valence-corrected chi connectivity index (χ4v) is 4.21. The number of nitrogens with zero attached hydrogens (tertiary/aromatic N) is 1. The predicted molar refractivity (Wildman–Crippen MR) is 119 cm³/mol. The van der Waals surface area contributed by atoms with Gasteiger partial charge in [0.15, 0.2) is 11.5 Å². The summed E-state index contributed by atoms with van der Waals surface area (Å²) in [6.45, 7) is 0. The Hall–Kier alpha value is -3.59. The molecule has 9 heteroatoms. The minimum absolute atomic E-state index is 0.251. The van der Waals surface area contributed by atoms with Gasteiger partial charge in [-0.05, 0) is 41.5 Å². The third kappa shape index (κ3) is 4.24. The van der Waals surface area contributed by atoms with Crippen LogP contribution in [-0.4, -0.2) is 24.2 Å². The van der Waals surface area contributed by atoms with Crippen molar-refractivity contribution in [1.82, 2.24) is 9.97 Å². The van der Waals surface area contributed by atoms with Crippen molar-refractivity contribution in [2.45, 2.75) is 6.18 Å². The third-order valence-electron chi connectivity index (χ3n) is 4.80. The van der Waals surface area contributed by atoms with Crippen LogP contribution in [-0.2, 0) is 6.18 Å². The van der Waals surface area contributed by atoms with Crippen LogP contribution in [0.2, 0.25) is 0 Å². The second kappa shape index (κ2) is 8.51. The maximum atomic E-state index is 12.9. The lowest BCUT2D eigenvalue weighted by Gasteiger charge is -2.09. The van der Waals surface area contributed by atoms with Crippen molar-refractivity contribution in [2.75, 3.05) is 14.2 Å². The fourth-order valence-electron chi connectivity index (χ4n) is 3.25. The van der Waals surface area contributed by atoms with Crippen molar-refractivity contribution in [3.63, 3.8) is 0 Å². The van der Waals surface area contributed by atoms with E-state index >= 15 is 0 Å². The largest absolute Gasteiger partial charge is 0.493 e. The molecule has 0 aliphatic carbocycles. The highest BCUT2D eigenvalue weighted by Crippen LogP contribution is 2.36. The highest BCUT2D eigenvalue weighted by Gasteiger charge is 2.30. The van der Waals surface area contributed by atoms with E-state index in [0.29, 0.717) is 32.8 Å². The van der Waals surface area contributed by atoms with Crippen LogP contribution in [0.15, 0.2) is 52.6 Å². The van der Waals surface area contributed by atoms with E-state index < -0.39 is 11.7 Å². The van der Waals surface area contributed by atoms with Gasteiger partial charge in [-0.25, -0.2) is 4.98 Å². The summed E-state index contributed by atoms with van der Waals surface area (Å²) in [5.74, 6) is 1.36. The van der Waals surface area contributed by atoms with Gasteiger partial charge >= 0.3 is 6.18 Å². The molecule has 2 heterocycles. The van der Waals surface area contributed by atoms with Gasteiger partial charge in [0.2, 0.25) is 0 Å². The molecule has 4 rings (SSSR count). The van der Waals surface area contributed by atoms with Gasteiger partial charge in [0.1, 0.15) is 10.7 Å². The first-order valence-electron chi connectivity index (χ1n) is 9.39. The van der Waals surface area contributed by atoms with Crippen LogP contribution in [0.3, 0.4) is 0 Å². The molecule has 4 aromatic rings. The maximum Gasteiger partial charge on any atom is 0.416 e. The average molecular weight is 458 g/mol. The number of benzene rings is 2. The van der Waals surface area contributed by atoms with E-state index in [4.69, 9.17) is 9.47 Å². The number of H-pyrrole nitrogens is 1. The molecule has 0 aliphatic heterocycles. The Bertz CT molecular complexity index is 1370. The monoisotopic (exact) mass is 458 g/mol. The standard InChI is InChI=1S/C23H17F3N2O3S/c1-30-17-8-7-14(11-18(17)31-2)16-12-32-22-20(16)21(29)27-19(28-22)9-6-13-4-3-5-15(10-13)23(24,25)26/h3-12H,1-2H3,(H,27,28,29). The van der Waals surface area contributed by atoms with E-state index in [0.717, 1.165) is 17.7 Å². The number of aromatic amines is 1. The molecule has 0 saturated heterocycles. The first kappa shape index (κ1) is 21.6. The van der Waals surface area contributed by atoms with Gasteiger partial charge in [-0.3, -0.25) is 4.79 Å². The van der Waals surface area contributed by atoms with Crippen LogP contribution in [0, 0.1) is 0 Å². The average Bonchev–Trinajstić information content (AvgIpc) is 3.21. The quantitative estimate of drug-likeness (QED) is 0.407. The summed E-state index contributed by atoms with van der Waals surface area (Å²) in [6, 6.07) is 10.3. The molecule has 0 spiro atoms. The number of thiophene rings is 1. The smallest absolute Gasteiger partial charge is 0.416 e. The second-order valence-corrected chi connectivity index (χ2v) is 7.67. The van der Waals surface area contributed by atoms with E-state index in [1.807, 2.05) is 11.4 Å². The zero-order chi connectivity index (χ0) is 22.9. The molecule has 164 valence electrons. The van der Waals surface area contributed by atoms with Crippen molar-refractivity contribution < 1.29 is 22.6 Å². The normalized spacial score (nSPS) is 11.9. The van der Waals surface area contributed by atoms with Crippen LogP contribution >= 0.6 is 11.3 Å². The summed E-state index contributed by atoms with van der Waals surface area (Å²) in [7, 11) is 3.07. The first-order chi connectivity index (χ1) is 15.3.